The zero-order valence-corrected chi connectivity index (χ0v) is 8.96. The molecular weight excluding hydrogens is 242 g/mol. The lowest BCUT2D eigenvalue weighted by Gasteiger charge is -2.05. The minimum Gasteiger partial charge on any atom is -0.478 e. The van der Waals surface area contributed by atoms with Gasteiger partial charge >= 0.3 is 5.97 Å². The Labute approximate surface area is 90.4 Å². The van der Waals surface area contributed by atoms with E-state index in [1.807, 2.05) is 0 Å². The van der Waals surface area contributed by atoms with Crippen molar-refractivity contribution >= 4 is 15.8 Å². The molecule has 0 fully saturated rings. The predicted molar refractivity (Wildman–Crippen MR) is 51.5 cm³/mol. The van der Waals surface area contributed by atoms with Gasteiger partial charge in [0.2, 0.25) is 0 Å². The number of carboxylic acid groups (broad SMARTS) is 1. The normalized spacial score (nSPS) is 11.8. The van der Waals surface area contributed by atoms with Crippen LogP contribution in [0.2, 0.25) is 0 Å². The first kappa shape index (κ1) is 12.6. The van der Waals surface area contributed by atoms with Crippen LogP contribution in [0.4, 0.5) is 8.78 Å². The minimum absolute atomic E-state index is 0.428. The Hall–Kier alpha value is -1.50. The molecule has 0 aliphatic rings. The first-order chi connectivity index (χ1) is 7.21. The fraction of sp³-hybridized carbons (Fsp3) is 0.222. The molecule has 4 nitrogen and oxygen atoms in total. The summed E-state index contributed by atoms with van der Waals surface area (Å²) in [6, 6.07) is 2.37. The molecule has 1 N–H and O–H groups in total. The SMILES string of the molecule is CS(=O)(=O)c1cc(C(=O)O)cc(C(F)F)c1. The molecule has 1 aromatic carbocycles. The van der Waals surface area contributed by atoms with Gasteiger partial charge in [-0.05, 0) is 18.2 Å². The Morgan fingerprint density at radius 1 is 1.31 bits per heavy atom. The number of alkyl halides is 2. The van der Waals surface area contributed by atoms with E-state index in [1.165, 1.54) is 0 Å². The third-order valence-electron chi connectivity index (χ3n) is 1.86. The maximum absolute atomic E-state index is 12.4. The van der Waals surface area contributed by atoms with Gasteiger partial charge in [0, 0.05) is 11.8 Å². The van der Waals surface area contributed by atoms with E-state index in [-0.39, 0.29) is 0 Å². The summed E-state index contributed by atoms with van der Waals surface area (Å²) >= 11 is 0. The molecule has 0 bridgehead atoms. The molecule has 0 aliphatic heterocycles. The van der Waals surface area contributed by atoms with Crippen molar-refractivity contribution in [3.8, 4) is 0 Å². The van der Waals surface area contributed by atoms with Gasteiger partial charge in [0.15, 0.2) is 9.84 Å². The molecule has 7 heteroatoms. The summed E-state index contributed by atoms with van der Waals surface area (Å²) in [5.41, 5.74) is -1.10. The molecule has 0 aliphatic carbocycles. The third-order valence-corrected chi connectivity index (χ3v) is 2.95. The second-order valence-electron chi connectivity index (χ2n) is 3.17. The molecule has 1 aromatic rings. The molecule has 0 unspecified atom stereocenters. The molecule has 0 heterocycles. The number of carbonyl (C=O) groups is 1. The number of halogens is 2. The van der Waals surface area contributed by atoms with Crippen LogP contribution in [0.3, 0.4) is 0 Å². The quantitative estimate of drug-likeness (QED) is 0.886. The maximum Gasteiger partial charge on any atom is 0.335 e. The van der Waals surface area contributed by atoms with E-state index in [1.54, 1.807) is 0 Å². The van der Waals surface area contributed by atoms with E-state index in [2.05, 4.69) is 0 Å². The molecule has 0 radical (unpaired) electrons. The Kier molecular flexibility index (Phi) is 3.27. The number of benzene rings is 1. The van der Waals surface area contributed by atoms with Crippen molar-refractivity contribution in [2.75, 3.05) is 6.26 Å². The standard InChI is InChI=1S/C9H8F2O4S/c1-16(14,15)7-3-5(8(10)11)2-6(4-7)9(12)13/h2-4,8H,1H3,(H,12,13). The van der Waals surface area contributed by atoms with Gasteiger partial charge in [-0.15, -0.1) is 0 Å². The van der Waals surface area contributed by atoms with Gasteiger partial charge in [-0.25, -0.2) is 22.0 Å². The summed E-state index contributed by atoms with van der Waals surface area (Å²) in [4.78, 5) is 10.2. The molecule has 1 rings (SSSR count). The van der Waals surface area contributed by atoms with Crippen LogP contribution in [0.1, 0.15) is 22.3 Å². The summed E-state index contributed by atoms with van der Waals surface area (Å²) in [5.74, 6) is -1.45. The van der Waals surface area contributed by atoms with Crippen molar-refractivity contribution in [2.24, 2.45) is 0 Å². The van der Waals surface area contributed by atoms with Crippen molar-refractivity contribution < 1.29 is 27.1 Å². The van der Waals surface area contributed by atoms with Crippen LogP contribution in [0.25, 0.3) is 0 Å². The second-order valence-corrected chi connectivity index (χ2v) is 5.18. The molecule has 0 atom stereocenters. The van der Waals surface area contributed by atoms with Crippen LogP contribution in [0.5, 0.6) is 0 Å². The molecule has 16 heavy (non-hydrogen) atoms. The lowest BCUT2D eigenvalue weighted by Crippen LogP contribution is -2.04. The largest absolute Gasteiger partial charge is 0.478 e. The number of hydrogen-bond donors (Lipinski definition) is 1. The van der Waals surface area contributed by atoms with Crippen LogP contribution in [0, 0.1) is 0 Å². The molecule has 0 aromatic heterocycles. The van der Waals surface area contributed by atoms with Crippen molar-refractivity contribution in [1.82, 2.24) is 0 Å². The van der Waals surface area contributed by atoms with Gasteiger partial charge < -0.3 is 5.11 Å². The Morgan fingerprint density at radius 3 is 2.25 bits per heavy atom. The van der Waals surface area contributed by atoms with Gasteiger partial charge in [-0.2, -0.15) is 0 Å². The summed E-state index contributed by atoms with van der Waals surface area (Å²) in [6.45, 7) is 0. The predicted octanol–water partition coefficient (Wildman–Crippen LogP) is 1.73. The van der Waals surface area contributed by atoms with Gasteiger partial charge in [0.25, 0.3) is 6.43 Å². The van der Waals surface area contributed by atoms with Crippen LogP contribution >= 0.6 is 0 Å². The average Bonchev–Trinajstić information content (AvgIpc) is 2.15. The molecular formula is C9H8F2O4S. The van der Waals surface area contributed by atoms with E-state index < -0.39 is 38.3 Å². The fourth-order valence-corrected chi connectivity index (χ4v) is 1.78. The van der Waals surface area contributed by atoms with Crippen LogP contribution < -0.4 is 0 Å². The molecule has 0 saturated heterocycles. The lowest BCUT2D eigenvalue weighted by atomic mass is 10.1. The van der Waals surface area contributed by atoms with Crippen LogP contribution in [0.15, 0.2) is 23.1 Å². The average molecular weight is 250 g/mol. The third kappa shape index (κ3) is 2.75. The highest BCUT2D eigenvalue weighted by atomic mass is 32.2. The topological polar surface area (TPSA) is 71.4 Å². The van der Waals surface area contributed by atoms with E-state index >= 15 is 0 Å². The van der Waals surface area contributed by atoms with Crippen LogP contribution in [-0.2, 0) is 9.84 Å². The van der Waals surface area contributed by atoms with Crippen molar-refractivity contribution in [1.29, 1.82) is 0 Å². The number of hydrogen-bond acceptors (Lipinski definition) is 3. The molecule has 88 valence electrons. The monoisotopic (exact) mass is 250 g/mol. The summed E-state index contributed by atoms with van der Waals surface area (Å²) < 4.78 is 47.1. The summed E-state index contributed by atoms with van der Waals surface area (Å²) in [5, 5.41) is 8.64. The van der Waals surface area contributed by atoms with E-state index in [0.717, 1.165) is 24.5 Å². The van der Waals surface area contributed by atoms with Gasteiger partial charge in [0.05, 0.1) is 10.5 Å². The van der Waals surface area contributed by atoms with E-state index in [0.29, 0.717) is 0 Å². The van der Waals surface area contributed by atoms with Crippen LogP contribution in [-0.4, -0.2) is 25.7 Å². The number of aromatic carboxylic acids is 1. The number of rotatable bonds is 3. The highest BCUT2D eigenvalue weighted by Crippen LogP contribution is 2.23. The van der Waals surface area contributed by atoms with Gasteiger partial charge in [-0.1, -0.05) is 0 Å². The fourth-order valence-electron chi connectivity index (χ4n) is 1.09. The molecule has 0 saturated carbocycles. The van der Waals surface area contributed by atoms with E-state index in [9.17, 15) is 22.0 Å². The highest BCUT2D eigenvalue weighted by Gasteiger charge is 2.17. The smallest absolute Gasteiger partial charge is 0.335 e. The lowest BCUT2D eigenvalue weighted by molar-refractivity contribution is 0.0696. The number of carboxylic acids is 1. The van der Waals surface area contributed by atoms with Crippen molar-refractivity contribution in [2.45, 2.75) is 11.3 Å². The minimum atomic E-state index is -3.71. The molecule has 0 amide bonds. The summed E-state index contributed by atoms with van der Waals surface area (Å²) in [7, 11) is -3.71. The maximum atomic E-state index is 12.4. The first-order valence-electron chi connectivity index (χ1n) is 4.08. The highest BCUT2D eigenvalue weighted by molar-refractivity contribution is 7.90. The number of sulfone groups is 1. The first-order valence-corrected chi connectivity index (χ1v) is 5.97. The van der Waals surface area contributed by atoms with Gasteiger partial charge in [0.1, 0.15) is 0 Å². The van der Waals surface area contributed by atoms with Crippen molar-refractivity contribution in [3.63, 3.8) is 0 Å². The zero-order valence-electron chi connectivity index (χ0n) is 8.15. The Morgan fingerprint density at radius 2 is 1.88 bits per heavy atom. The zero-order chi connectivity index (χ0) is 12.5. The van der Waals surface area contributed by atoms with Gasteiger partial charge in [-0.3, -0.25) is 0 Å². The summed E-state index contributed by atoms with van der Waals surface area (Å²) in [6.07, 6.45) is -2.09. The second kappa shape index (κ2) is 4.17. The Balaban J connectivity index is 3.48. The van der Waals surface area contributed by atoms with E-state index in [4.69, 9.17) is 5.11 Å². The molecule has 0 spiro atoms. The Bertz CT molecular complexity index is 522. The van der Waals surface area contributed by atoms with Crippen molar-refractivity contribution in [3.05, 3.63) is 29.3 Å².